The van der Waals surface area contributed by atoms with E-state index < -0.39 is 0 Å². The van der Waals surface area contributed by atoms with Crippen molar-refractivity contribution in [3.05, 3.63) is 58.9 Å². The van der Waals surface area contributed by atoms with Gasteiger partial charge >= 0.3 is 0 Å². The fourth-order valence-corrected chi connectivity index (χ4v) is 1.93. The molecule has 0 saturated carbocycles. The number of anilines is 1. The minimum Gasteiger partial charge on any atom is -0.398 e. The third kappa shape index (κ3) is 3.23. The molecule has 1 atom stereocenters. The minimum atomic E-state index is -0.252. The van der Waals surface area contributed by atoms with Crippen LogP contribution in [0.5, 0.6) is 0 Å². The predicted molar refractivity (Wildman–Crippen MR) is 76.0 cm³/mol. The molecule has 0 aliphatic rings. The van der Waals surface area contributed by atoms with Crippen LogP contribution in [0, 0.1) is 0 Å². The van der Waals surface area contributed by atoms with E-state index in [0.717, 1.165) is 5.56 Å². The number of hydrogen-bond acceptors (Lipinski definition) is 3. The highest BCUT2D eigenvalue weighted by Gasteiger charge is 2.13. The number of nitrogen functional groups attached to an aromatic ring is 1. The molecule has 1 amide bonds. The van der Waals surface area contributed by atoms with Crippen molar-refractivity contribution in [2.45, 2.75) is 13.0 Å². The van der Waals surface area contributed by atoms with Crippen LogP contribution in [0.1, 0.15) is 28.9 Å². The van der Waals surface area contributed by atoms with Crippen molar-refractivity contribution in [3.8, 4) is 0 Å². The van der Waals surface area contributed by atoms with Crippen LogP contribution in [-0.2, 0) is 0 Å². The lowest BCUT2D eigenvalue weighted by atomic mass is 10.1. The number of halogens is 1. The second kappa shape index (κ2) is 5.71. The SMILES string of the molecule is CC(NC(=O)c1cnccc1N)c1cccc(Cl)c1. The molecule has 0 saturated heterocycles. The quantitative estimate of drug-likeness (QED) is 0.905. The van der Waals surface area contributed by atoms with Crippen molar-refractivity contribution in [2.75, 3.05) is 5.73 Å². The predicted octanol–water partition coefficient (Wildman–Crippen LogP) is 2.81. The van der Waals surface area contributed by atoms with E-state index in [1.807, 2.05) is 25.1 Å². The van der Waals surface area contributed by atoms with Crippen LogP contribution >= 0.6 is 11.6 Å². The third-order valence-corrected chi connectivity index (χ3v) is 3.03. The molecule has 1 heterocycles. The Morgan fingerprint density at radius 1 is 1.42 bits per heavy atom. The second-order valence-electron chi connectivity index (χ2n) is 4.21. The number of aromatic nitrogens is 1. The van der Waals surface area contributed by atoms with Crippen molar-refractivity contribution in [2.24, 2.45) is 0 Å². The van der Waals surface area contributed by atoms with Gasteiger partial charge in [0.25, 0.3) is 5.91 Å². The molecule has 1 aromatic heterocycles. The molecule has 5 heteroatoms. The summed E-state index contributed by atoms with van der Waals surface area (Å²) in [6, 6.07) is 8.80. The molecule has 0 spiro atoms. The Morgan fingerprint density at radius 3 is 2.89 bits per heavy atom. The lowest BCUT2D eigenvalue weighted by Crippen LogP contribution is -2.27. The van der Waals surface area contributed by atoms with Gasteiger partial charge in [-0.15, -0.1) is 0 Å². The second-order valence-corrected chi connectivity index (χ2v) is 4.65. The van der Waals surface area contributed by atoms with Gasteiger partial charge in [0.2, 0.25) is 0 Å². The summed E-state index contributed by atoms with van der Waals surface area (Å²) in [6.45, 7) is 1.89. The van der Waals surface area contributed by atoms with Crippen LogP contribution in [0.4, 0.5) is 5.69 Å². The van der Waals surface area contributed by atoms with Gasteiger partial charge in [0.15, 0.2) is 0 Å². The van der Waals surface area contributed by atoms with Crippen molar-refractivity contribution < 1.29 is 4.79 Å². The number of amides is 1. The Balaban J connectivity index is 2.13. The Labute approximate surface area is 116 Å². The standard InChI is InChI=1S/C14H14ClN3O/c1-9(10-3-2-4-11(15)7-10)18-14(19)12-8-17-6-5-13(12)16/h2-9H,1H3,(H2,16,17)(H,18,19). The van der Waals surface area contributed by atoms with E-state index in [2.05, 4.69) is 10.3 Å². The van der Waals surface area contributed by atoms with E-state index in [1.54, 1.807) is 18.3 Å². The zero-order valence-electron chi connectivity index (χ0n) is 10.4. The number of nitrogens with one attached hydrogen (secondary N) is 1. The summed E-state index contributed by atoms with van der Waals surface area (Å²) in [4.78, 5) is 16.0. The Hall–Kier alpha value is -2.07. The lowest BCUT2D eigenvalue weighted by molar-refractivity contribution is 0.0940. The molecule has 1 unspecified atom stereocenters. The molecule has 19 heavy (non-hydrogen) atoms. The first-order valence-electron chi connectivity index (χ1n) is 5.83. The zero-order chi connectivity index (χ0) is 13.8. The molecule has 2 aromatic rings. The first kappa shape index (κ1) is 13.4. The molecule has 0 fully saturated rings. The molecule has 3 N–H and O–H groups in total. The maximum Gasteiger partial charge on any atom is 0.255 e. The minimum absolute atomic E-state index is 0.161. The van der Waals surface area contributed by atoms with Gasteiger partial charge in [-0.2, -0.15) is 0 Å². The van der Waals surface area contributed by atoms with Crippen molar-refractivity contribution in [1.82, 2.24) is 10.3 Å². The van der Waals surface area contributed by atoms with Gasteiger partial charge in [0, 0.05) is 23.1 Å². The average Bonchev–Trinajstić information content (AvgIpc) is 2.39. The molecule has 98 valence electrons. The van der Waals surface area contributed by atoms with Gasteiger partial charge < -0.3 is 11.1 Å². The maximum atomic E-state index is 12.1. The highest BCUT2D eigenvalue weighted by Crippen LogP contribution is 2.18. The van der Waals surface area contributed by atoms with E-state index in [0.29, 0.717) is 16.3 Å². The fraction of sp³-hybridized carbons (Fsp3) is 0.143. The van der Waals surface area contributed by atoms with Crippen LogP contribution in [0.15, 0.2) is 42.7 Å². The highest BCUT2D eigenvalue weighted by atomic mass is 35.5. The highest BCUT2D eigenvalue weighted by molar-refractivity contribution is 6.30. The molecule has 0 aliphatic heterocycles. The average molecular weight is 276 g/mol. The first-order valence-corrected chi connectivity index (χ1v) is 6.21. The molecule has 1 aromatic carbocycles. The lowest BCUT2D eigenvalue weighted by Gasteiger charge is -2.15. The Kier molecular flexibility index (Phi) is 4.02. The molecule has 0 aliphatic carbocycles. The smallest absolute Gasteiger partial charge is 0.255 e. The molecule has 0 bridgehead atoms. The van der Waals surface area contributed by atoms with Gasteiger partial charge in [-0.1, -0.05) is 23.7 Å². The van der Waals surface area contributed by atoms with Crippen LogP contribution < -0.4 is 11.1 Å². The first-order chi connectivity index (χ1) is 9.08. The molecular weight excluding hydrogens is 262 g/mol. The van der Waals surface area contributed by atoms with E-state index in [-0.39, 0.29) is 11.9 Å². The molecule has 0 radical (unpaired) electrons. The van der Waals surface area contributed by atoms with E-state index in [1.165, 1.54) is 6.20 Å². The number of rotatable bonds is 3. The molecular formula is C14H14ClN3O. The zero-order valence-corrected chi connectivity index (χ0v) is 11.2. The summed E-state index contributed by atoms with van der Waals surface area (Å²) in [5, 5.41) is 3.50. The summed E-state index contributed by atoms with van der Waals surface area (Å²) >= 11 is 5.92. The third-order valence-electron chi connectivity index (χ3n) is 2.80. The fourth-order valence-electron chi connectivity index (χ4n) is 1.73. The van der Waals surface area contributed by atoms with Crippen LogP contribution in [-0.4, -0.2) is 10.9 Å². The summed E-state index contributed by atoms with van der Waals surface area (Å²) in [5.74, 6) is -0.252. The maximum absolute atomic E-state index is 12.1. The normalized spacial score (nSPS) is 11.9. The number of carbonyl (C=O) groups excluding carboxylic acids is 1. The number of hydrogen-bond donors (Lipinski definition) is 2. The van der Waals surface area contributed by atoms with Crippen LogP contribution in [0.3, 0.4) is 0 Å². The van der Waals surface area contributed by atoms with Gasteiger partial charge in [0.1, 0.15) is 0 Å². The van der Waals surface area contributed by atoms with E-state index >= 15 is 0 Å². The monoisotopic (exact) mass is 275 g/mol. The van der Waals surface area contributed by atoms with Gasteiger partial charge in [0.05, 0.1) is 11.6 Å². The molecule has 4 nitrogen and oxygen atoms in total. The summed E-state index contributed by atoms with van der Waals surface area (Å²) < 4.78 is 0. The number of nitrogens with zero attached hydrogens (tertiary/aromatic N) is 1. The van der Waals surface area contributed by atoms with Crippen molar-refractivity contribution in [3.63, 3.8) is 0 Å². The molecule has 2 rings (SSSR count). The largest absolute Gasteiger partial charge is 0.398 e. The Morgan fingerprint density at radius 2 is 2.21 bits per heavy atom. The topological polar surface area (TPSA) is 68.0 Å². The number of benzene rings is 1. The van der Waals surface area contributed by atoms with Gasteiger partial charge in [-0.25, -0.2) is 0 Å². The van der Waals surface area contributed by atoms with Crippen molar-refractivity contribution in [1.29, 1.82) is 0 Å². The van der Waals surface area contributed by atoms with E-state index in [4.69, 9.17) is 17.3 Å². The van der Waals surface area contributed by atoms with Gasteiger partial charge in [-0.05, 0) is 30.7 Å². The number of pyridine rings is 1. The number of nitrogens with two attached hydrogens (primary N) is 1. The van der Waals surface area contributed by atoms with Gasteiger partial charge in [-0.3, -0.25) is 9.78 Å². The van der Waals surface area contributed by atoms with Crippen molar-refractivity contribution >= 4 is 23.2 Å². The van der Waals surface area contributed by atoms with E-state index in [9.17, 15) is 4.79 Å². The summed E-state index contributed by atoms with van der Waals surface area (Å²) in [7, 11) is 0. The number of carbonyl (C=O) groups is 1. The summed E-state index contributed by atoms with van der Waals surface area (Å²) in [6.07, 6.45) is 3.00. The Bertz CT molecular complexity index is 601. The van der Waals surface area contributed by atoms with Crippen LogP contribution in [0.2, 0.25) is 5.02 Å². The van der Waals surface area contributed by atoms with Crippen LogP contribution in [0.25, 0.3) is 0 Å². The summed E-state index contributed by atoms with van der Waals surface area (Å²) in [5.41, 5.74) is 7.45.